The van der Waals surface area contributed by atoms with E-state index < -0.39 is 0 Å². The van der Waals surface area contributed by atoms with Crippen molar-refractivity contribution in [2.45, 2.75) is 25.8 Å². The maximum absolute atomic E-state index is 11.7. The Morgan fingerprint density at radius 2 is 2.08 bits per heavy atom. The van der Waals surface area contributed by atoms with Crippen LogP contribution in [0.25, 0.3) is 16.9 Å². The number of hydrogen-bond acceptors (Lipinski definition) is 5. The summed E-state index contributed by atoms with van der Waals surface area (Å²) in [5.74, 6) is 1.58. The van der Waals surface area contributed by atoms with Crippen LogP contribution in [0.2, 0.25) is 0 Å². The first-order valence-electron chi connectivity index (χ1n) is 8.87. The summed E-state index contributed by atoms with van der Waals surface area (Å²) in [5, 5.41) is 0. The number of anilines is 1. The number of carbonyl (C=O) groups is 1. The maximum Gasteiger partial charge on any atom is 0.227 e. The first-order valence-corrected chi connectivity index (χ1v) is 8.87. The van der Waals surface area contributed by atoms with Gasteiger partial charge < -0.3 is 9.80 Å². The normalized spacial score (nSPS) is 17.5. The number of aromatic nitrogens is 4. The van der Waals surface area contributed by atoms with E-state index in [1.54, 1.807) is 19.4 Å². The molecule has 1 aliphatic rings. The number of nitrogens with zero attached hydrogens (tertiary/aromatic N) is 6. The molecule has 1 fully saturated rings. The number of likely N-dealkylation sites (N-methyl/N-ethyl adjacent to an activating group) is 1. The summed E-state index contributed by atoms with van der Waals surface area (Å²) in [5.41, 5.74) is 1.95. The smallest absolute Gasteiger partial charge is 0.227 e. The minimum Gasteiger partial charge on any atom is -0.341 e. The number of imidazole rings is 1. The Morgan fingerprint density at radius 1 is 1.23 bits per heavy atom. The fourth-order valence-electron chi connectivity index (χ4n) is 3.51. The summed E-state index contributed by atoms with van der Waals surface area (Å²) < 4.78 is 1.97. The molecule has 1 aromatic carbocycles. The van der Waals surface area contributed by atoms with E-state index in [2.05, 4.69) is 14.9 Å². The van der Waals surface area contributed by atoms with Gasteiger partial charge in [0.1, 0.15) is 12.1 Å². The van der Waals surface area contributed by atoms with Crippen molar-refractivity contribution in [3.05, 3.63) is 42.9 Å². The predicted octanol–water partition coefficient (Wildman–Crippen LogP) is 2.26. The molecule has 0 aliphatic carbocycles. The summed E-state index contributed by atoms with van der Waals surface area (Å²) in [6.45, 7) is 3.18. The third kappa shape index (κ3) is 3.00. The van der Waals surface area contributed by atoms with Crippen LogP contribution in [0.5, 0.6) is 0 Å². The van der Waals surface area contributed by atoms with Crippen LogP contribution < -0.4 is 4.90 Å². The molecule has 1 saturated heterocycles. The van der Waals surface area contributed by atoms with E-state index in [1.165, 1.54) is 0 Å². The van der Waals surface area contributed by atoms with Crippen LogP contribution >= 0.6 is 0 Å². The van der Waals surface area contributed by atoms with Gasteiger partial charge in [-0.25, -0.2) is 9.97 Å². The number of para-hydroxylation sites is 2. The van der Waals surface area contributed by atoms with Gasteiger partial charge in [0.15, 0.2) is 0 Å². The lowest BCUT2D eigenvalue weighted by Crippen LogP contribution is -2.48. The first kappa shape index (κ1) is 16.5. The second-order valence-corrected chi connectivity index (χ2v) is 6.69. The molecule has 4 rings (SSSR count). The average Bonchev–Trinajstić information content (AvgIpc) is 3.12. The van der Waals surface area contributed by atoms with E-state index in [4.69, 9.17) is 4.98 Å². The Bertz CT molecular complexity index is 936. The maximum atomic E-state index is 11.7. The van der Waals surface area contributed by atoms with Crippen LogP contribution in [-0.4, -0.2) is 56.5 Å². The summed E-state index contributed by atoms with van der Waals surface area (Å²) >= 11 is 0. The Morgan fingerprint density at radius 3 is 2.92 bits per heavy atom. The molecule has 0 radical (unpaired) electrons. The molecule has 26 heavy (non-hydrogen) atoms. The third-order valence-corrected chi connectivity index (χ3v) is 5.03. The monoisotopic (exact) mass is 350 g/mol. The van der Waals surface area contributed by atoms with Gasteiger partial charge in [-0.1, -0.05) is 12.1 Å². The molecule has 0 saturated carbocycles. The van der Waals surface area contributed by atoms with Crippen molar-refractivity contribution in [3.63, 3.8) is 0 Å². The highest BCUT2D eigenvalue weighted by molar-refractivity contribution is 5.76. The molecule has 1 atom stereocenters. The van der Waals surface area contributed by atoms with Gasteiger partial charge in [-0.15, -0.1) is 0 Å². The molecule has 7 heteroatoms. The zero-order valence-electron chi connectivity index (χ0n) is 15.0. The van der Waals surface area contributed by atoms with Crippen LogP contribution in [0.4, 0.5) is 5.95 Å². The third-order valence-electron chi connectivity index (χ3n) is 5.03. The van der Waals surface area contributed by atoms with Gasteiger partial charge in [-0.05, 0) is 31.0 Å². The summed E-state index contributed by atoms with van der Waals surface area (Å²) in [6, 6.07) is 10.1. The standard InChI is InChI=1S/C19H22N6O/c1-14(26)24-11-5-6-15(12-24)23(2)19-20-10-9-18(22-19)25-13-21-16-7-3-4-8-17(16)25/h3-4,7-10,13,15H,5-6,11-12H2,1-2H3. The van der Waals surface area contributed by atoms with Crippen molar-refractivity contribution < 1.29 is 4.79 Å². The molecular formula is C19H22N6O. The van der Waals surface area contributed by atoms with Crippen LogP contribution in [0.1, 0.15) is 19.8 Å². The summed E-state index contributed by atoms with van der Waals surface area (Å²) in [7, 11) is 2.00. The van der Waals surface area contributed by atoms with Gasteiger partial charge in [-0.2, -0.15) is 4.98 Å². The number of rotatable bonds is 3. The number of fused-ring (bicyclic) bond motifs is 1. The number of benzene rings is 1. The minimum absolute atomic E-state index is 0.127. The quantitative estimate of drug-likeness (QED) is 0.725. The molecule has 0 spiro atoms. The van der Waals surface area contributed by atoms with E-state index in [-0.39, 0.29) is 11.9 Å². The second-order valence-electron chi connectivity index (χ2n) is 6.69. The van der Waals surface area contributed by atoms with Gasteiger partial charge in [0.2, 0.25) is 11.9 Å². The van der Waals surface area contributed by atoms with Crippen molar-refractivity contribution >= 4 is 22.9 Å². The van der Waals surface area contributed by atoms with Gasteiger partial charge in [-0.3, -0.25) is 9.36 Å². The van der Waals surface area contributed by atoms with E-state index in [0.717, 1.165) is 36.2 Å². The number of carbonyl (C=O) groups excluding carboxylic acids is 1. The van der Waals surface area contributed by atoms with Crippen molar-refractivity contribution in [1.82, 2.24) is 24.4 Å². The van der Waals surface area contributed by atoms with Crippen molar-refractivity contribution in [2.75, 3.05) is 25.0 Å². The average molecular weight is 350 g/mol. The molecule has 1 aliphatic heterocycles. The molecule has 3 aromatic rings. The summed E-state index contributed by atoms with van der Waals surface area (Å²) in [4.78, 5) is 29.3. The van der Waals surface area contributed by atoms with E-state index in [9.17, 15) is 4.79 Å². The molecule has 0 bridgehead atoms. The molecule has 2 aromatic heterocycles. The topological polar surface area (TPSA) is 67.2 Å². The van der Waals surface area contributed by atoms with Gasteiger partial charge in [0.25, 0.3) is 0 Å². The molecule has 0 N–H and O–H groups in total. The Labute approximate surface area is 152 Å². The molecule has 1 unspecified atom stereocenters. The van der Waals surface area contributed by atoms with Gasteiger partial charge >= 0.3 is 0 Å². The van der Waals surface area contributed by atoms with Crippen LogP contribution in [0.15, 0.2) is 42.9 Å². The van der Waals surface area contributed by atoms with Crippen LogP contribution in [0, 0.1) is 0 Å². The van der Waals surface area contributed by atoms with Gasteiger partial charge in [0.05, 0.1) is 11.0 Å². The number of likely N-dealkylation sites (tertiary alicyclic amines) is 1. The van der Waals surface area contributed by atoms with Crippen molar-refractivity contribution in [2.24, 2.45) is 0 Å². The highest BCUT2D eigenvalue weighted by Crippen LogP contribution is 2.21. The highest BCUT2D eigenvalue weighted by Gasteiger charge is 2.26. The Kier molecular flexibility index (Phi) is 4.28. The van der Waals surface area contributed by atoms with E-state index in [1.807, 2.05) is 46.8 Å². The lowest BCUT2D eigenvalue weighted by Gasteiger charge is -2.37. The minimum atomic E-state index is 0.127. The fraction of sp³-hybridized carbons (Fsp3) is 0.368. The molecular weight excluding hydrogens is 328 g/mol. The van der Waals surface area contributed by atoms with Crippen LogP contribution in [0.3, 0.4) is 0 Å². The fourth-order valence-corrected chi connectivity index (χ4v) is 3.51. The number of hydrogen-bond donors (Lipinski definition) is 0. The first-order chi connectivity index (χ1) is 12.6. The lowest BCUT2D eigenvalue weighted by molar-refractivity contribution is -0.129. The Balaban J connectivity index is 1.62. The largest absolute Gasteiger partial charge is 0.341 e. The molecule has 134 valence electrons. The second kappa shape index (κ2) is 6.74. The Hall–Kier alpha value is -2.96. The van der Waals surface area contributed by atoms with Crippen LogP contribution in [-0.2, 0) is 4.79 Å². The van der Waals surface area contributed by atoms with Crippen molar-refractivity contribution in [1.29, 1.82) is 0 Å². The van der Waals surface area contributed by atoms with E-state index in [0.29, 0.717) is 12.5 Å². The molecule has 7 nitrogen and oxygen atoms in total. The van der Waals surface area contributed by atoms with E-state index >= 15 is 0 Å². The summed E-state index contributed by atoms with van der Waals surface area (Å²) in [6.07, 6.45) is 5.59. The lowest BCUT2D eigenvalue weighted by atomic mass is 10.0. The molecule has 3 heterocycles. The number of piperidine rings is 1. The van der Waals surface area contributed by atoms with Gasteiger partial charge in [0, 0.05) is 39.3 Å². The van der Waals surface area contributed by atoms with Crippen molar-refractivity contribution in [3.8, 4) is 5.82 Å². The highest BCUT2D eigenvalue weighted by atomic mass is 16.2. The molecule has 1 amide bonds. The zero-order valence-corrected chi connectivity index (χ0v) is 15.0. The number of amides is 1. The predicted molar refractivity (Wildman–Crippen MR) is 100 cm³/mol. The zero-order chi connectivity index (χ0) is 18.1. The SMILES string of the molecule is CC(=O)N1CCCC(N(C)c2nccc(-n3cnc4ccccc43)n2)C1.